The van der Waals surface area contributed by atoms with Gasteiger partial charge >= 0.3 is 0 Å². The van der Waals surface area contributed by atoms with E-state index in [0.29, 0.717) is 23.8 Å². The Morgan fingerprint density at radius 1 is 0.914 bits per heavy atom. The van der Waals surface area contributed by atoms with E-state index in [2.05, 4.69) is 80.3 Å². The van der Waals surface area contributed by atoms with E-state index in [9.17, 15) is 0 Å². The second-order valence-electron chi connectivity index (χ2n) is 10.1. The van der Waals surface area contributed by atoms with Crippen LogP contribution in [0.5, 0.6) is 17.2 Å². The zero-order valence-corrected chi connectivity index (χ0v) is 21.0. The van der Waals surface area contributed by atoms with Crippen LogP contribution in [0.25, 0.3) is 0 Å². The lowest BCUT2D eigenvalue weighted by atomic mass is 9.67. The highest BCUT2D eigenvalue weighted by Gasteiger charge is 2.51. The normalized spacial score (nSPS) is 22.6. The van der Waals surface area contributed by atoms with Crippen LogP contribution >= 0.6 is 11.8 Å². The molecule has 0 saturated carbocycles. The van der Waals surface area contributed by atoms with Gasteiger partial charge in [0.05, 0.1) is 21.8 Å². The molecule has 2 atom stereocenters. The maximum atomic E-state index is 6.38. The molecule has 5 nitrogen and oxygen atoms in total. The van der Waals surface area contributed by atoms with E-state index in [0.717, 1.165) is 29.4 Å². The molecule has 0 aromatic heterocycles. The number of aliphatic imine (C=N–C) groups is 1. The third-order valence-electron chi connectivity index (χ3n) is 7.69. The van der Waals surface area contributed by atoms with Gasteiger partial charge in [0.2, 0.25) is 6.79 Å². The predicted molar refractivity (Wildman–Crippen MR) is 141 cm³/mol. The van der Waals surface area contributed by atoms with Crippen LogP contribution in [-0.4, -0.2) is 36.3 Å². The summed E-state index contributed by atoms with van der Waals surface area (Å²) in [6.07, 6.45) is 0. The first-order valence-corrected chi connectivity index (χ1v) is 13.2. The molecule has 0 saturated heterocycles. The molecule has 0 amide bonds. The van der Waals surface area contributed by atoms with E-state index in [-0.39, 0.29) is 6.79 Å². The number of ether oxygens (including phenoxy) is 3. The molecule has 1 spiro atoms. The van der Waals surface area contributed by atoms with Crippen LogP contribution in [0.15, 0.2) is 65.7 Å². The maximum Gasteiger partial charge on any atom is 0.231 e. The van der Waals surface area contributed by atoms with Gasteiger partial charge in [-0.25, -0.2) is 0 Å². The molecule has 7 rings (SSSR count). The molecule has 3 aromatic rings. The minimum absolute atomic E-state index is 0.254. The summed E-state index contributed by atoms with van der Waals surface area (Å²) < 4.78 is 17.8. The fourth-order valence-corrected chi connectivity index (χ4v) is 7.21. The van der Waals surface area contributed by atoms with Crippen molar-refractivity contribution in [1.29, 1.82) is 0 Å². The van der Waals surface area contributed by atoms with Crippen molar-refractivity contribution in [3.05, 3.63) is 77.4 Å². The Morgan fingerprint density at radius 3 is 2.23 bits per heavy atom. The van der Waals surface area contributed by atoms with Crippen molar-refractivity contribution in [2.45, 2.75) is 37.5 Å². The molecule has 4 aliphatic heterocycles. The number of para-hydroxylation sites is 2. The summed E-state index contributed by atoms with van der Waals surface area (Å²) in [6.45, 7) is 8.44. The van der Waals surface area contributed by atoms with Crippen LogP contribution < -0.4 is 19.1 Å². The molecule has 6 heteroatoms. The Bertz CT molecular complexity index is 1320. The number of benzene rings is 3. The van der Waals surface area contributed by atoms with Crippen LogP contribution in [0.2, 0.25) is 0 Å². The first-order chi connectivity index (χ1) is 17.1. The molecule has 0 radical (unpaired) electrons. The molecule has 4 aliphatic rings. The fourth-order valence-electron chi connectivity index (χ4n) is 5.92. The Balaban J connectivity index is 1.38. The van der Waals surface area contributed by atoms with Crippen molar-refractivity contribution in [3.63, 3.8) is 0 Å². The molecule has 2 unspecified atom stereocenters. The van der Waals surface area contributed by atoms with Gasteiger partial charge in [0.1, 0.15) is 12.4 Å². The summed E-state index contributed by atoms with van der Waals surface area (Å²) in [6, 6.07) is 22.0. The Labute approximate surface area is 210 Å². The third kappa shape index (κ3) is 2.99. The van der Waals surface area contributed by atoms with Gasteiger partial charge < -0.3 is 19.1 Å². The highest BCUT2D eigenvalue weighted by atomic mass is 32.2. The molecular formula is C29H28N2O3S. The number of thioether (sulfide) groups is 1. The van der Waals surface area contributed by atoms with Gasteiger partial charge in [0, 0.05) is 35.5 Å². The van der Waals surface area contributed by atoms with E-state index in [1.165, 1.54) is 27.5 Å². The van der Waals surface area contributed by atoms with Crippen LogP contribution in [0.3, 0.4) is 0 Å². The third-order valence-corrected chi connectivity index (χ3v) is 9.35. The van der Waals surface area contributed by atoms with Gasteiger partial charge in [-0.2, -0.15) is 0 Å². The smallest absolute Gasteiger partial charge is 0.231 e. The van der Waals surface area contributed by atoms with Crippen molar-refractivity contribution in [2.75, 3.05) is 24.8 Å². The zero-order valence-electron chi connectivity index (χ0n) is 20.2. The monoisotopic (exact) mass is 484 g/mol. The van der Waals surface area contributed by atoms with Crippen molar-refractivity contribution in [1.82, 2.24) is 0 Å². The molecule has 0 bridgehead atoms. The number of fused-ring (bicyclic) bond motifs is 7. The van der Waals surface area contributed by atoms with Crippen LogP contribution in [0, 0.1) is 5.92 Å². The predicted octanol–water partition coefficient (Wildman–Crippen LogP) is 6.15. The molecule has 35 heavy (non-hydrogen) atoms. The Morgan fingerprint density at radius 2 is 1.57 bits per heavy atom. The van der Waals surface area contributed by atoms with E-state index in [1.807, 2.05) is 17.8 Å². The second-order valence-corrected chi connectivity index (χ2v) is 11.3. The summed E-state index contributed by atoms with van der Waals surface area (Å²) in [5.74, 6) is 2.90. The lowest BCUT2D eigenvalue weighted by Gasteiger charge is -2.44. The highest BCUT2D eigenvalue weighted by molar-refractivity contribution is 8.14. The molecular weight excluding hydrogens is 456 g/mol. The number of hydrogen-bond acceptors (Lipinski definition) is 6. The standard InChI is InChI=1S/C29H28N2O3S/c1-17(2)28-30-18(3)27(35-28)14-31-22-10-6-4-8-19(22)29(20-9-5-7-11-23(20)31)15-32-24-13-26-25(12-21(24)29)33-16-34-26/h4-13,17-18,27H,14-16H2,1-3H3. The van der Waals surface area contributed by atoms with E-state index >= 15 is 0 Å². The number of anilines is 2. The van der Waals surface area contributed by atoms with Gasteiger partial charge in [0.25, 0.3) is 0 Å². The Hall–Kier alpha value is -3.12. The van der Waals surface area contributed by atoms with E-state index in [4.69, 9.17) is 19.2 Å². The molecule has 0 N–H and O–H groups in total. The maximum absolute atomic E-state index is 6.38. The molecule has 3 aromatic carbocycles. The fraction of sp³-hybridized carbons (Fsp3) is 0.345. The van der Waals surface area contributed by atoms with E-state index in [1.54, 1.807) is 0 Å². The summed E-state index contributed by atoms with van der Waals surface area (Å²) in [5.41, 5.74) is 5.79. The van der Waals surface area contributed by atoms with Gasteiger partial charge in [-0.1, -0.05) is 50.2 Å². The first kappa shape index (κ1) is 21.2. The number of hydrogen-bond donors (Lipinski definition) is 0. The Kier molecular flexibility index (Phi) is 4.65. The van der Waals surface area contributed by atoms with Crippen LogP contribution in [0.4, 0.5) is 11.4 Å². The lowest BCUT2D eigenvalue weighted by molar-refractivity contribution is 0.173. The molecule has 0 aliphatic carbocycles. The average Bonchev–Trinajstić information content (AvgIpc) is 3.58. The van der Waals surface area contributed by atoms with Gasteiger partial charge in [-0.15, -0.1) is 11.8 Å². The quantitative estimate of drug-likeness (QED) is 0.446. The summed E-state index contributed by atoms with van der Waals surface area (Å²) in [5, 5.41) is 1.68. The van der Waals surface area contributed by atoms with Gasteiger partial charge in [-0.05, 0) is 36.2 Å². The van der Waals surface area contributed by atoms with Gasteiger partial charge in [0.15, 0.2) is 11.5 Å². The first-order valence-electron chi connectivity index (χ1n) is 12.3. The SMILES string of the molecule is CC(C)C1=NC(C)C(CN2c3ccccc3C3(COc4cc5c(cc43)OCO5)c3ccccc32)S1. The largest absolute Gasteiger partial charge is 0.491 e. The van der Waals surface area contributed by atoms with E-state index < -0.39 is 5.41 Å². The van der Waals surface area contributed by atoms with Crippen LogP contribution in [-0.2, 0) is 5.41 Å². The summed E-state index contributed by atoms with van der Waals surface area (Å²) in [4.78, 5) is 7.50. The molecule has 178 valence electrons. The van der Waals surface area contributed by atoms with Crippen molar-refractivity contribution < 1.29 is 14.2 Å². The topological polar surface area (TPSA) is 43.3 Å². The lowest BCUT2D eigenvalue weighted by Crippen LogP contribution is -2.42. The zero-order chi connectivity index (χ0) is 23.7. The van der Waals surface area contributed by atoms with Crippen molar-refractivity contribution >= 4 is 28.2 Å². The number of rotatable bonds is 3. The second kappa shape index (κ2) is 7.69. The highest BCUT2D eigenvalue weighted by Crippen LogP contribution is 2.59. The van der Waals surface area contributed by atoms with Crippen molar-refractivity contribution in [2.24, 2.45) is 10.9 Å². The minimum Gasteiger partial charge on any atom is -0.491 e. The van der Waals surface area contributed by atoms with Crippen molar-refractivity contribution in [3.8, 4) is 17.2 Å². The summed E-state index contributed by atoms with van der Waals surface area (Å²) in [7, 11) is 0. The average molecular weight is 485 g/mol. The van der Waals surface area contributed by atoms with Crippen LogP contribution in [0.1, 0.15) is 37.5 Å². The molecule has 0 fully saturated rings. The minimum atomic E-state index is -0.395. The van der Waals surface area contributed by atoms with Gasteiger partial charge in [-0.3, -0.25) is 4.99 Å². The number of nitrogens with zero attached hydrogens (tertiary/aromatic N) is 2. The summed E-state index contributed by atoms with van der Waals surface area (Å²) >= 11 is 1.95. The molecule has 4 heterocycles.